The number of nitrogens with one attached hydrogen (secondary N) is 1. The van der Waals surface area contributed by atoms with Crippen molar-refractivity contribution in [3.05, 3.63) is 30.0 Å². The third-order valence-electron chi connectivity index (χ3n) is 4.38. The van der Waals surface area contributed by atoms with E-state index in [0.29, 0.717) is 0 Å². The van der Waals surface area contributed by atoms with Crippen LogP contribution >= 0.6 is 0 Å². The lowest BCUT2D eigenvalue weighted by atomic mass is 9.77. The Labute approximate surface area is 102 Å². The Hall–Kier alpha value is -1.31. The van der Waals surface area contributed by atoms with Gasteiger partial charge in [-0.05, 0) is 49.1 Å². The van der Waals surface area contributed by atoms with Crippen LogP contribution < -0.4 is 0 Å². The minimum atomic E-state index is 0.749. The van der Waals surface area contributed by atoms with Crippen molar-refractivity contribution in [1.82, 2.24) is 10.2 Å². The Morgan fingerprint density at radius 2 is 2.06 bits per heavy atom. The largest absolute Gasteiger partial charge is 0.278 e. The number of benzene rings is 1. The lowest BCUT2D eigenvalue weighted by molar-refractivity contribution is 0.319. The highest BCUT2D eigenvalue weighted by Gasteiger charge is 2.22. The number of hydrogen-bond acceptors (Lipinski definition) is 1. The molecule has 0 spiro atoms. The Bertz CT molecular complexity index is 492. The summed E-state index contributed by atoms with van der Waals surface area (Å²) in [5.74, 6) is 1.72. The summed E-state index contributed by atoms with van der Waals surface area (Å²) in [5, 5.41) is 8.56. The molecule has 1 aliphatic rings. The number of H-pyrrole nitrogens is 1. The van der Waals surface area contributed by atoms with Gasteiger partial charge in [0.1, 0.15) is 0 Å². The van der Waals surface area contributed by atoms with Gasteiger partial charge in [-0.1, -0.05) is 25.5 Å². The van der Waals surface area contributed by atoms with Crippen LogP contribution in [0.2, 0.25) is 0 Å². The van der Waals surface area contributed by atoms with Gasteiger partial charge < -0.3 is 0 Å². The van der Waals surface area contributed by atoms with Crippen LogP contribution in [0.15, 0.2) is 24.4 Å². The maximum atomic E-state index is 4.16. The second-order valence-electron chi connectivity index (χ2n) is 5.30. The summed E-state index contributed by atoms with van der Waals surface area (Å²) in [6, 6.07) is 6.56. The van der Waals surface area contributed by atoms with Crippen LogP contribution in [0.3, 0.4) is 0 Å². The quantitative estimate of drug-likeness (QED) is 0.818. The normalized spacial score (nSPS) is 25.2. The minimum Gasteiger partial charge on any atom is -0.278 e. The predicted octanol–water partition coefficient (Wildman–Crippen LogP) is 4.25. The topological polar surface area (TPSA) is 28.7 Å². The van der Waals surface area contributed by atoms with Crippen LogP contribution in [0, 0.1) is 5.92 Å². The summed E-state index contributed by atoms with van der Waals surface area (Å²) in [6.45, 7) is 2.32. The van der Waals surface area contributed by atoms with Crippen molar-refractivity contribution in [2.75, 3.05) is 0 Å². The van der Waals surface area contributed by atoms with Gasteiger partial charge in [-0.3, -0.25) is 5.10 Å². The first-order chi connectivity index (χ1) is 8.38. The summed E-state index contributed by atoms with van der Waals surface area (Å²) in [4.78, 5) is 0. The van der Waals surface area contributed by atoms with Crippen molar-refractivity contribution in [3.63, 3.8) is 0 Å². The van der Waals surface area contributed by atoms with Crippen molar-refractivity contribution in [2.24, 2.45) is 5.92 Å². The zero-order chi connectivity index (χ0) is 11.7. The number of aromatic amines is 1. The Balaban J connectivity index is 1.87. The van der Waals surface area contributed by atoms with E-state index in [1.54, 1.807) is 0 Å². The summed E-state index contributed by atoms with van der Waals surface area (Å²) in [7, 11) is 0. The molecular formula is C15H20N2. The molecule has 0 amide bonds. The third kappa shape index (κ3) is 1.97. The fourth-order valence-corrected chi connectivity index (χ4v) is 3.23. The Morgan fingerprint density at radius 3 is 2.82 bits per heavy atom. The van der Waals surface area contributed by atoms with E-state index in [9.17, 15) is 0 Å². The molecule has 1 heterocycles. The molecule has 2 aromatic rings. The van der Waals surface area contributed by atoms with Crippen LogP contribution in [0.4, 0.5) is 0 Å². The van der Waals surface area contributed by atoms with Crippen molar-refractivity contribution in [3.8, 4) is 0 Å². The SMILES string of the molecule is CCC1CCC(c2cccc3[nH]ncc23)CC1. The molecule has 0 radical (unpaired) electrons. The smallest absolute Gasteiger partial charge is 0.0653 e. The Kier molecular flexibility index (Phi) is 2.87. The standard InChI is InChI=1S/C15H20N2/c1-2-11-6-8-12(9-7-11)13-4-3-5-15-14(13)10-16-17-15/h3-5,10-12H,2,6-9H2,1H3,(H,16,17). The van der Waals surface area contributed by atoms with Gasteiger partial charge in [-0.15, -0.1) is 0 Å². The van der Waals surface area contributed by atoms with E-state index < -0.39 is 0 Å². The highest BCUT2D eigenvalue weighted by atomic mass is 15.1. The van der Waals surface area contributed by atoms with Crippen molar-refractivity contribution < 1.29 is 0 Å². The van der Waals surface area contributed by atoms with E-state index in [0.717, 1.165) is 11.8 Å². The van der Waals surface area contributed by atoms with E-state index in [1.165, 1.54) is 48.6 Å². The van der Waals surface area contributed by atoms with Crippen LogP contribution in [-0.2, 0) is 0 Å². The number of hydrogen-bond donors (Lipinski definition) is 1. The Morgan fingerprint density at radius 1 is 1.24 bits per heavy atom. The molecular weight excluding hydrogens is 208 g/mol. The lowest BCUT2D eigenvalue weighted by Gasteiger charge is -2.28. The molecule has 0 aliphatic heterocycles. The third-order valence-corrected chi connectivity index (χ3v) is 4.38. The molecule has 90 valence electrons. The minimum absolute atomic E-state index is 0.749. The molecule has 1 saturated carbocycles. The second-order valence-corrected chi connectivity index (χ2v) is 5.30. The molecule has 1 aromatic carbocycles. The molecule has 1 aromatic heterocycles. The molecule has 1 fully saturated rings. The molecule has 0 saturated heterocycles. The first-order valence-electron chi connectivity index (χ1n) is 6.80. The predicted molar refractivity (Wildman–Crippen MR) is 71.1 cm³/mol. The molecule has 0 atom stereocenters. The van der Waals surface area contributed by atoms with Gasteiger partial charge in [0.2, 0.25) is 0 Å². The maximum absolute atomic E-state index is 4.16. The lowest BCUT2D eigenvalue weighted by Crippen LogP contribution is -2.12. The highest BCUT2D eigenvalue weighted by molar-refractivity contribution is 5.82. The molecule has 2 heteroatoms. The summed E-state index contributed by atoms with van der Waals surface area (Å²) in [5.41, 5.74) is 2.69. The van der Waals surface area contributed by atoms with Gasteiger partial charge in [0.15, 0.2) is 0 Å². The molecule has 2 nitrogen and oxygen atoms in total. The van der Waals surface area contributed by atoms with Crippen molar-refractivity contribution in [2.45, 2.75) is 44.9 Å². The molecule has 3 rings (SSSR count). The maximum Gasteiger partial charge on any atom is 0.0653 e. The number of aromatic nitrogens is 2. The molecule has 0 unspecified atom stereocenters. The van der Waals surface area contributed by atoms with Gasteiger partial charge in [0.25, 0.3) is 0 Å². The van der Waals surface area contributed by atoms with Crippen molar-refractivity contribution in [1.29, 1.82) is 0 Å². The molecule has 1 N–H and O–H groups in total. The molecule has 1 aliphatic carbocycles. The zero-order valence-corrected chi connectivity index (χ0v) is 10.4. The van der Waals surface area contributed by atoms with Gasteiger partial charge in [0, 0.05) is 5.39 Å². The number of fused-ring (bicyclic) bond motifs is 1. The second kappa shape index (κ2) is 4.52. The first kappa shape index (κ1) is 10.8. The van der Waals surface area contributed by atoms with Gasteiger partial charge in [-0.25, -0.2) is 0 Å². The van der Waals surface area contributed by atoms with Crippen molar-refractivity contribution >= 4 is 10.9 Å². The molecule has 0 bridgehead atoms. The van der Waals surface area contributed by atoms with Gasteiger partial charge in [-0.2, -0.15) is 5.10 Å². The monoisotopic (exact) mass is 228 g/mol. The van der Waals surface area contributed by atoms with Crippen LogP contribution in [-0.4, -0.2) is 10.2 Å². The fraction of sp³-hybridized carbons (Fsp3) is 0.533. The zero-order valence-electron chi connectivity index (χ0n) is 10.4. The van der Waals surface area contributed by atoms with Gasteiger partial charge >= 0.3 is 0 Å². The highest BCUT2D eigenvalue weighted by Crippen LogP contribution is 2.39. The van der Waals surface area contributed by atoms with E-state index >= 15 is 0 Å². The number of rotatable bonds is 2. The average molecular weight is 228 g/mol. The van der Waals surface area contributed by atoms with Gasteiger partial charge in [0.05, 0.1) is 11.7 Å². The first-order valence-corrected chi connectivity index (χ1v) is 6.80. The summed E-state index contributed by atoms with van der Waals surface area (Å²) in [6.07, 6.45) is 8.83. The summed E-state index contributed by atoms with van der Waals surface area (Å²) >= 11 is 0. The van der Waals surface area contributed by atoms with Crippen LogP contribution in [0.1, 0.15) is 50.5 Å². The van der Waals surface area contributed by atoms with Crippen LogP contribution in [0.25, 0.3) is 10.9 Å². The van der Waals surface area contributed by atoms with Crippen LogP contribution in [0.5, 0.6) is 0 Å². The number of nitrogens with zero attached hydrogens (tertiary/aromatic N) is 1. The van der Waals surface area contributed by atoms with E-state index in [1.807, 2.05) is 6.20 Å². The molecule has 17 heavy (non-hydrogen) atoms. The average Bonchev–Trinajstić information content (AvgIpc) is 2.87. The van der Waals surface area contributed by atoms with E-state index in [-0.39, 0.29) is 0 Å². The summed E-state index contributed by atoms with van der Waals surface area (Å²) < 4.78 is 0. The van der Waals surface area contributed by atoms with E-state index in [4.69, 9.17) is 0 Å². The fourth-order valence-electron chi connectivity index (χ4n) is 3.23. The van der Waals surface area contributed by atoms with E-state index in [2.05, 4.69) is 35.3 Å².